The van der Waals surface area contributed by atoms with Gasteiger partial charge < -0.3 is 9.84 Å². The summed E-state index contributed by atoms with van der Waals surface area (Å²) >= 11 is 0. The summed E-state index contributed by atoms with van der Waals surface area (Å²) in [6, 6.07) is 13.7. The molecule has 2 N–H and O–H groups in total. The number of para-hydroxylation sites is 2. The van der Waals surface area contributed by atoms with E-state index in [2.05, 4.69) is 0 Å². The molecule has 1 saturated carbocycles. The van der Waals surface area contributed by atoms with E-state index in [1.165, 1.54) is 12.0 Å². The molecule has 2 saturated heterocycles. The number of benzene rings is 2. The van der Waals surface area contributed by atoms with E-state index in [0.717, 1.165) is 5.57 Å². The smallest absolute Gasteiger partial charge is 0.257 e. The fourth-order valence-electron chi connectivity index (χ4n) is 7.10. The second-order valence-electron chi connectivity index (χ2n) is 10.4. The third kappa shape index (κ3) is 2.94. The van der Waals surface area contributed by atoms with Crippen molar-refractivity contribution in [2.45, 2.75) is 25.7 Å². The maximum absolute atomic E-state index is 14.2. The average molecular weight is 503 g/mol. The van der Waals surface area contributed by atoms with E-state index < -0.39 is 46.8 Å². The van der Waals surface area contributed by atoms with Crippen LogP contribution in [0.4, 0.5) is 5.69 Å². The summed E-state index contributed by atoms with van der Waals surface area (Å²) in [5, 5.41) is 21.5. The number of fused-ring (bicyclic) bond motifs is 4. The van der Waals surface area contributed by atoms with Crippen molar-refractivity contribution in [1.29, 1.82) is 0 Å². The molecule has 4 aliphatic rings. The molecule has 0 radical (unpaired) electrons. The number of methoxy groups -OCH3 is 1. The van der Waals surface area contributed by atoms with Gasteiger partial charge in [0.1, 0.15) is 0 Å². The van der Waals surface area contributed by atoms with Crippen molar-refractivity contribution in [3.8, 4) is 11.5 Å². The largest absolute Gasteiger partial charge is 0.504 e. The van der Waals surface area contributed by atoms with Crippen molar-refractivity contribution in [3.63, 3.8) is 0 Å². The Balaban J connectivity index is 1.57. The summed E-state index contributed by atoms with van der Waals surface area (Å²) in [4.78, 5) is 54.9. The molecule has 0 bridgehead atoms. The molecule has 2 aliphatic carbocycles. The Hall–Kier alpha value is -3.98. The third-order valence-corrected chi connectivity index (χ3v) is 8.83. The zero-order chi connectivity index (χ0) is 26.2. The lowest BCUT2D eigenvalue weighted by Crippen LogP contribution is -2.48. The van der Waals surface area contributed by atoms with Gasteiger partial charge in [-0.1, -0.05) is 42.0 Å². The van der Waals surface area contributed by atoms with Crippen LogP contribution in [0.3, 0.4) is 0 Å². The van der Waals surface area contributed by atoms with Crippen molar-refractivity contribution in [2.75, 3.05) is 12.0 Å². The third-order valence-electron chi connectivity index (χ3n) is 8.83. The number of carbonyl (C=O) groups excluding carboxylic acids is 4. The van der Waals surface area contributed by atoms with Gasteiger partial charge in [-0.25, -0.2) is 4.90 Å². The number of hydrogen-bond donors (Lipinski definition) is 2. The normalized spacial score (nSPS) is 32.7. The molecule has 6 atom stereocenters. The van der Waals surface area contributed by atoms with Gasteiger partial charge in [-0.15, -0.1) is 0 Å². The first-order valence-electron chi connectivity index (χ1n) is 12.3. The second-order valence-corrected chi connectivity index (χ2v) is 10.4. The Labute approximate surface area is 212 Å². The fourth-order valence-corrected chi connectivity index (χ4v) is 7.10. The van der Waals surface area contributed by atoms with Gasteiger partial charge in [0.2, 0.25) is 11.8 Å². The van der Waals surface area contributed by atoms with Gasteiger partial charge in [0.15, 0.2) is 11.5 Å². The van der Waals surface area contributed by atoms with Crippen LogP contribution >= 0.6 is 0 Å². The van der Waals surface area contributed by atoms with Crippen LogP contribution in [0.2, 0.25) is 0 Å². The van der Waals surface area contributed by atoms with Crippen molar-refractivity contribution in [1.82, 2.24) is 5.06 Å². The zero-order valence-electron chi connectivity index (χ0n) is 20.3. The Morgan fingerprint density at radius 1 is 0.946 bits per heavy atom. The molecule has 0 aromatic heterocycles. The number of carbonyl (C=O) groups is 4. The molecule has 3 fully saturated rings. The van der Waals surface area contributed by atoms with E-state index in [4.69, 9.17) is 4.74 Å². The second kappa shape index (κ2) is 8.01. The van der Waals surface area contributed by atoms with Crippen LogP contribution in [-0.4, -0.2) is 46.1 Å². The summed E-state index contributed by atoms with van der Waals surface area (Å²) < 4.78 is 5.34. The number of phenols is 1. The number of rotatable bonds is 3. The maximum atomic E-state index is 14.2. The number of anilines is 1. The molecule has 0 spiro atoms. The molecule has 2 aromatic carbocycles. The molecule has 2 heterocycles. The van der Waals surface area contributed by atoms with Crippen LogP contribution in [0.15, 0.2) is 60.2 Å². The molecule has 9 heteroatoms. The molecular formula is C28H26N2O7. The van der Waals surface area contributed by atoms with Gasteiger partial charge in [0, 0.05) is 11.5 Å². The number of imide groups is 2. The van der Waals surface area contributed by atoms with E-state index in [-0.39, 0.29) is 41.2 Å². The van der Waals surface area contributed by atoms with Crippen molar-refractivity contribution in [3.05, 3.63) is 65.7 Å². The lowest BCUT2D eigenvalue weighted by molar-refractivity contribution is -0.173. The molecule has 190 valence electrons. The number of hydroxylamine groups is 2. The Morgan fingerprint density at radius 2 is 1.68 bits per heavy atom. The van der Waals surface area contributed by atoms with Gasteiger partial charge in [-0.3, -0.25) is 24.4 Å². The molecule has 37 heavy (non-hydrogen) atoms. The highest BCUT2D eigenvalue weighted by atomic mass is 16.5. The number of hydrogen-bond acceptors (Lipinski definition) is 7. The first kappa shape index (κ1) is 23.4. The fraction of sp³-hybridized carbons (Fsp3) is 0.357. The van der Waals surface area contributed by atoms with E-state index in [1.54, 1.807) is 55.5 Å². The zero-order valence-corrected chi connectivity index (χ0v) is 20.3. The van der Waals surface area contributed by atoms with E-state index >= 15 is 0 Å². The minimum atomic E-state index is -1.27. The minimum absolute atomic E-state index is 0.144. The molecule has 2 aromatic rings. The predicted octanol–water partition coefficient (Wildman–Crippen LogP) is 3.02. The Bertz CT molecular complexity index is 1390. The molecule has 6 rings (SSSR count). The van der Waals surface area contributed by atoms with Gasteiger partial charge in [0.25, 0.3) is 11.8 Å². The first-order valence-corrected chi connectivity index (χ1v) is 12.3. The van der Waals surface area contributed by atoms with Crippen LogP contribution in [0.1, 0.15) is 31.2 Å². The number of ether oxygens (including phenoxy) is 1. The SMILES string of the molecule is COc1cccc([C@H]2C3=CC[C@@H]4C(=O)N(O)C(=O)[C@@H]4[C@@H]3C[C@H]3C(=O)N(c4ccccc4)C(=O)[C@@]23C)c1O. The van der Waals surface area contributed by atoms with E-state index in [0.29, 0.717) is 11.3 Å². The van der Waals surface area contributed by atoms with Crippen molar-refractivity contribution in [2.24, 2.45) is 29.1 Å². The van der Waals surface area contributed by atoms with Crippen LogP contribution in [0.5, 0.6) is 11.5 Å². The Morgan fingerprint density at radius 3 is 2.38 bits per heavy atom. The molecule has 4 amide bonds. The molecule has 2 aliphatic heterocycles. The highest BCUT2D eigenvalue weighted by Gasteiger charge is 2.68. The van der Waals surface area contributed by atoms with Gasteiger partial charge in [0.05, 0.1) is 36.0 Å². The molecule has 9 nitrogen and oxygen atoms in total. The summed E-state index contributed by atoms with van der Waals surface area (Å²) in [7, 11) is 1.43. The summed E-state index contributed by atoms with van der Waals surface area (Å²) in [6.45, 7) is 1.74. The highest BCUT2D eigenvalue weighted by molar-refractivity contribution is 6.24. The lowest BCUT2D eigenvalue weighted by Gasteiger charge is -2.49. The number of phenolic OH excluding ortho intramolecular Hbond substituents is 1. The number of aromatic hydroxyl groups is 1. The van der Waals surface area contributed by atoms with Gasteiger partial charge in [-0.05, 0) is 43.9 Å². The quantitative estimate of drug-likeness (QED) is 0.376. The summed E-state index contributed by atoms with van der Waals surface area (Å²) in [5.74, 6) is -5.75. The van der Waals surface area contributed by atoms with Crippen molar-refractivity contribution < 1.29 is 34.2 Å². The number of allylic oxidation sites excluding steroid dienone is 2. The van der Waals surface area contributed by atoms with E-state index in [1.807, 2.05) is 6.08 Å². The molecular weight excluding hydrogens is 476 g/mol. The first-order chi connectivity index (χ1) is 17.7. The average Bonchev–Trinajstić information content (AvgIpc) is 3.24. The standard InChI is InChI=1S/C28H26N2O7/c1-28-19(25(33)29(27(28)35)14-7-4-3-5-8-14)13-18-15(11-12-16-21(18)26(34)30(36)24(16)32)22(28)17-9-6-10-20(37-2)23(17)31/h3-11,16,18-19,21-22,31,36H,12-13H2,1-2H3/t16-,18+,19-,21-,22+,28+/m0/s1. The van der Waals surface area contributed by atoms with E-state index in [9.17, 15) is 29.5 Å². The van der Waals surface area contributed by atoms with Crippen LogP contribution in [0.25, 0.3) is 0 Å². The number of amides is 4. The lowest BCUT2D eigenvalue weighted by atomic mass is 9.51. The van der Waals surface area contributed by atoms with Gasteiger partial charge >= 0.3 is 0 Å². The topological polar surface area (TPSA) is 124 Å². The molecule has 0 unspecified atom stereocenters. The highest BCUT2D eigenvalue weighted by Crippen LogP contribution is 2.64. The Kier molecular flexibility index (Phi) is 5.07. The number of nitrogens with zero attached hydrogens (tertiary/aromatic N) is 2. The van der Waals surface area contributed by atoms with Crippen LogP contribution < -0.4 is 9.64 Å². The van der Waals surface area contributed by atoms with Crippen LogP contribution in [-0.2, 0) is 19.2 Å². The summed E-state index contributed by atoms with van der Waals surface area (Å²) in [6.07, 6.45) is 2.24. The minimum Gasteiger partial charge on any atom is -0.504 e. The summed E-state index contributed by atoms with van der Waals surface area (Å²) in [5.41, 5.74) is 0.312. The van der Waals surface area contributed by atoms with Crippen LogP contribution in [0, 0.1) is 29.1 Å². The van der Waals surface area contributed by atoms with Gasteiger partial charge in [-0.2, -0.15) is 5.06 Å². The predicted molar refractivity (Wildman–Crippen MR) is 129 cm³/mol. The maximum Gasteiger partial charge on any atom is 0.257 e. The monoisotopic (exact) mass is 502 g/mol. The van der Waals surface area contributed by atoms with Crippen molar-refractivity contribution >= 4 is 29.3 Å².